The van der Waals surface area contributed by atoms with Gasteiger partial charge in [0.1, 0.15) is 5.75 Å². The number of ether oxygens (including phenoxy) is 1. The second kappa shape index (κ2) is 6.39. The smallest absolute Gasteiger partial charge is 0.331 e. The average molecular weight is 246 g/mol. The van der Waals surface area contributed by atoms with E-state index in [-0.39, 0.29) is 11.4 Å². The molecular weight excluding hydrogens is 232 g/mol. The molecule has 0 aliphatic rings. The standard InChI is InChI=1S/C14H14O4/c1-10(14(16)17)9-12(15)6-3-11-4-7-13(18-2)8-5-11/h3-9H,1-2H3,(H,16,17). The van der Waals surface area contributed by atoms with Crippen molar-refractivity contribution < 1.29 is 19.4 Å². The Balaban J connectivity index is 2.71. The van der Waals surface area contributed by atoms with E-state index < -0.39 is 5.97 Å². The lowest BCUT2D eigenvalue weighted by Gasteiger charge is -1.98. The number of ketones is 1. The number of methoxy groups -OCH3 is 1. The Hall–Kier alpha value is -2.36. The van der Waals surface area contributed by atoms with Crippen molar-refractivity contribution in [1.29, 1.82) is 0 Å². The molecule has 0 fully saturated rings. The maximum atomic E-state index is 11.4. The molecule has 0 saturated carbocycles. The van der Waals surface area contributed by atoms with Gasteiger partial charge in [0, 0.05) is 5.57 Å². The first-order chi connectivity index (χ1) is 8.52. The quantitative estimate of drug-likeness (QED) is 0.810. The third-order valence-electron chi connectivity index (χ3n) is 2.25. The molecule has 1 N–H and O–H groups in total. The molecule has 0 atom stereocenters. The van der Waals surface area contributed by atoms with Gasteiger partial charge in [-0.1, -0.05) is 18.2 Å². The summed E-state index contributed by atoms with van der Waals surface area (Å²) in [6, 6.07) is 7.16. The number of hydrogen-bond acceptors (Lipinski definition) is 3. The van der Waals surface area contributed by atoms with Crippen molar-refractivity contribution in [2.45, 2.75) is 6.92 Å². The number of carboxylic acids is 1. The second-order valence-corrected chi connectivity index (χ2v) is 3.64. The van der Waals surface area contributed by atoms with Gasteiger partial charge in [0.25, 0.3) is 0 Å². The van der Waals surface area contributed by atoms with E-state index in [2.05, 4.69) is 0 Å². The monoisotopic (exact) mass is 246 g/mol. The van der Waals surface area contributed by atoms with Gasteiger partial charge in [-0.05, 0) is 36.8 Å². The Morgan fingerprint density at radius 3 is 2.33 bits per heavy atom. The summed E-state index contributed by atoms with van der Waals surface area (Å²) in [4.78, 5) is 21.9. The number of benzene rings is 1. The third kappa shape index (κ3) is 4.25. The lowest BCUT2D eigenvalue weighted by molar-refractivity contribution is -0.132. The van der Waals surface area contributed by atoms with Gasteiger partial charge in [0.05, 0.1) is 7.11 Å². The number of allylic oxidation sites excluding steroid dienone is 2. The first kappa shape index (κ1) is 13.7. The van der Waals surface area contributed by atoms with Gasteiger partial charge in [0.2, 0.25) is 0 Å². The number of carbonyl (C=O) groups is 2. The average Bonchev–Trinajstić information content (AvgIpc) is 2.36. The summed E-state index contributed by atoms with van der Waals surface area (Å²) in [5, 5.41) is 8.62. The molecule has 18 heavy (non-hydrogen) atoms. The Bertz CT molecular complexity index is 495. The second-order valence-electron chi connectivity index (χ2n) is 3.64. The fourth-order valence-corrected chi connectivity index (χ4v) is 1.22. The van der Waals surface area contributed by atoms with E-state index in [0.717, 1.165) is 17.4 Å². The molecule has 0 unspecified atom stereocenters. The molecule has 0 saturated heterocycles. The molecule has 0 aliphatic carbocycles. The predicted octanol–water partition coefficient (Wildman–Crippen LogP) is 2.31. The van der Waals surface area contributed by atoms with E-state index in [1.165, 1.54) is 13.0 Å². The van der Waals surface area contributed by atoms with Crippen LogP contribution in [0.2, 0.25) is 0 Å². The maximum absolute atomic E-state index is 11.4. The highest BCUT2D eigenvalue weighted by atomic mass is 16.5. The van der Waals surface area contributed by atoms with Gasteiger partial charge < -0.3 is 9.84 Å². The largest absolute Gasteiger partial charge is 0.497 e. The van der Waals surface area contributed by atoms with E-state index in [1.54, 1.807) is 37.5 Å². The normalized spacial score (nSPS) is 11.6. The van der Waals surface area contributed by atoms with Crippen LogP contribution >= 0.6 is 0 Å². The van der Waals surface area contributed by atoms with Gasteiger partial charge in [-0.15, -0.1) is 0 Å². The summed E-state index contributed by atoms with van der Waals surface area (Å²) in [6.07, 6.45) is 4.03. The maximum Gasteiger partial charge on any atom is 0.331 e. The highest BCUT2D eigenvalue weighted by molar-refractivity contribution is 6.06. The van der Waals surface area contributed by atoms with Gasteiger partial charge in [-0.25, -0.2) is 4.79 Å². The fourth-order valence-electron chi connectivity index (χ4n) is 1.22. The molecule has 94 valence electrons. The van der Waals surface area contributed by atoms with E-state index in [1.807, 2.05) is 0 Å². The highest BCUT2D eigenvalue weighted by Gasteiger charge is 2.01. The molecule has 0 amide bonds. The summed E-state index contributed by atoms with van der Waals surface area (Å²) < 4.78 is 5.01. The molecule has 4 nitrogen and oxygen atoms in total. The molecule has 0 radical (unpaired) electrons. The summed E-state index contributed by atoms with van der Waals surface area (Å²) in [7, 11) is 1.58. The van der Waals surface area contributed by atoms with Crippen LogP contribution in [0.25, 0.3) is 6.08 Å². The van der Waals surface area contributed by atoms with E-state index >= 15 is 0 Å². The van der Waals surface area contributed by atoms with Crippen LogP contribution in [-0.4, -0.2) is 24.0 Å². The minimum atomic E-state index is -1.10. The minimum absolute atomic E-state index is 0.0133. The highest BCUT2D eigenvalue weighted by Crippen LogP contribution is 2.12. The van der Waals surface area contributed by atoms with Crippen LogP contribution < -0.4 is 4.74 Å². The van der Waals surface area contributed by atoms with Crippen molar-refractivity contribution in [2.75, 3.05) is 7.11 Å². The lowest BCUT2D eigenvalue weighted by atomic mass is 10.1. The van der Waals surface area contributed by atoms with Crippen molar-refractivity contribution >= 4 is 17.8 Å². The van der Waals surface area contributed by atoms with Crippen LogP contribution in [0.1, 0.15) is 12.5 Å². The molecule has 1 rings (SSSR count). The van der Waals surface area contributed by atoms with Crippen molar-refractivity contribution in [1.82, 2.24) is 0 Å². The third-order valence-corrected chi connectivity index (χ3v) is 2.25. The molecule has 0 spiro atoms. The first-order valence-corrected chi connectivity index (χ1v) is 5.30. The zero-order valence-corrected chi connectivity index (χ0v) is 10.2. The van der Waals surface area contributed by atoms with Crippen molar-refractivity contribution in [3.63, 3.8) is 0 Å². The van der Waals surface area contributed by atoms with Crippen LogP contribution in [0, 0.1) is 0 Å². The van der Waals surface area contributed by atoms with Crippen molar-refractivity contribution in [3.8, 4) is 5.75 Å². The van der Waals surface area contributed by atoms with Gasteiger partial charge >= 0.3 is 5.97 Å². The van der Waals surface area contributed by atoms with E-state index in [4.69, 9.17) is 9.84 Å². The fraction of sp³-hybridized carbons (Fsp3) is 0.143. The van der Waals surface area contributed by atoms with Crippen LogP contribution in [0.5, 0.6) is 5.75 Å². The summed E-state index contributed by atoms with van der Waals surface area (Å²) >= 11 is 0. The number of hydrogen-bond donors (Lipinski definition) is 1. The van der Waals surface area contributed by atoms with Crippen LogP contribution in [0.15, 0.2) is 42.0 Å². The van der Waals surface area contributed by atoms with Crippen LogP contribution in [0.4, 0.5) is 0 Å². The van der Waals surface area contributed by atoms with Crippen molar-refractivity contribution in [2.24, 2.45) is 0 Å². The zero-order chi connectivity index (χ0) is 13.5. The number of rotatable bonds is 5. The van der Waals surface area contributed by atoms with Gasteiger partial charge in [0.15, 0.2) is 5.78 Å². The summed E-state index contributed by atoms with van der Waals surface area (Å²) in [5.41, 5.74) is 0.852. The zero-order valence-electron chi connectivity index (χ0n) is 10.2. The van der Waals surface area contributed by atoms with E-state index in [0.29, 0.717) is 0 Å². The number of carbonyl (C=O) groups excluding carboxylic acids is 1. The molecular formula is C14H14O4. The Kier molecular flexibility index (Phi) is 4.87. The molecule has 1 aromatic carbocycles. The topological polar surface area (TPSA) is 63.6 Å². The number of carboxylic acid groups (broad SMARTS) is 1. The predicted molar refractivity (Wildman–Crippen MR) is 68.4 cm³/mol. The molecule has 1 aromatic rings. The molecule has 0 aliphatic heterocycles. The minimum Gasteiger partial charge on any atom is -0.497 e. The van der Waals surface area contributed by atoms with Crippen LogP contribution in [-0.2, 0) is 9.59 Å². The molecule has 0 heterocycles. The van der Waals surface area contributed by atoms with Crippen molar-refractivity contribution in [3.05, 3.63) is 47.6 Å². The molecule has 4 heteroatoms. The Morgan fingerprint density at radius 2 is 1.83 bits per heavy atom. The van der Waals surface area contributed by atoms with Gasteiger partial charge in [-0.3, -0.25) is 4.79 Å². The van der Waals surface area contributed by atoms with E-state index in [9.17, 15) is 9.59 Å². The summed E-state index contributed by atoms with van der Waals surface area (Å²) in [5.74, 6) is -0.716. The molecule has 0 bridgehead atoms. The first-order valence-electron chi connectivity index (χ1n) is 5.30. The molecule has 0 aromatic heterocycles. The summed E-state index contributed by atoms with van der Waals surface area (Å²) in [6.45, 7) is 1.38. The van der Waals surface area contributed by atoms with Crippen LogP contribution in [0.3, 0.4) is 0 Å². The van der Waals surface area contributed by atoms with Gasteiger partial charge in [-0.2, -0.15) is 0 Å². The Morgan fingerprint density at radius 1 is 1.22 bits per heavy atom. The Labute approximate surface area is 105 Å². The lowest BCUT2D eigenvalue weighted by Crippen LogP contribution is -1.99. The number of aliphatic carboxylic acids is 1. The SMILES string of the molecule is COc1ccc(C=CC(=O)C=C(C)C(=O)O)cc1.